The molecule has 1 atom stereocenters. The monoisotopic (exact) mass is 221 g/mol. The predicted octanol–water partition coefficient (Wildman–Crippen LogP) is 2.06. The topological polar surface area (TPSA) is 29.9 Å². The Morgan fingerprint density at radius 1 is 1.50 bits per heavy atom. The number of nitrogens with one attached hydrogen (secondary N) is 1. The van der Waals surface area contributed by atoms with Crippen LogP contribution in [0.3, 0.4) is 0 Å². The van der Waals surface area contributed by atoms with Gasteiger partial charge in [-0.1, -0.05) is 13.8 Å². The first-order chi connectivity index (χ1) is 7.69. The molecule has 3 nitrogen and oxygen atoms in total. The van der Waals surface area contributed by atoms with Crippen LogP contribution in [-0.2, 0) is 19.9 Å². The molecular weight excluding hydrogens is 198 g/mol. The minimum Gasteiger partial charge on any atom is -0.311 e. The zero-order valence-corrected chi connectivity index (χ0v) is 10.7. The lowest BCUT2D eigenvalue weighted by molar-refractivity contribution is 0.359. The Morgan fingerprint density at radius 2 is 2.31 bits per heavy atom. The maximum atomic E-state index is 4.53. The first-order valence-corrected chi connectivity index (χ1v) is 6.45. The molecule has 1 N–H and O–H groups in total. The fraction of sp³-hybridized carbons (Fsp3) is 0.769. The van der Waals surface area contributed by atoms with Gasteiger partial charge in [0.05, 0.1) is 5.69 Å². The summed E-state index contributed by atoms with van der Waals surface area (Å²) in [5.41, 5.74) is 3.04. The summed E-state index contributed by atoms with van der Waals surface area (Å²) in [5.74, 6) is 0. The second-order valence-electron chi connectivity index (χ2n) is 4.97. The first kappa shape index (κ1) is 11.6. The van der Waals surface area contributed by atoms with Gasteiger partial charge in [-0.3, -0.25) is 4.68 Å². The average Bonchev–Trinajstić information content (AvgIpc) is 2.86. The van der Waals surface area contributed by atoms with Crippen molar-refractivity contribution in [3.05, 3.63) is 17.5 Å². The van der Waals surface area contributed by atoms with Crippen LogP contribution in [0.25, 0.3) is 0 Å². The van der Waals surface area contributed by atoms with E-state index < -0.39 is 0 Å². The van der Waals surface area contributed by atoms with Crippen molar-refractivity contribution in [1.29, 1.82) is 0 Å². The van der Waals surface area contributed by atoms with E-state index in [-0.39, 0.29) is 0 Å². The van der Waals surface area contributed by atoms with Crippen LogP contribution in [-0.4, -0.2) is 21.9 Å². The van der Waals surface area contributed by atoms with E-state index in [1.807, 2.05) is 11.7 Å². The number of aryl methyl sites for hydroxylation is 2. The molecule has 1 aromatic heterocycles. The van der Waals surface area contributed by atoms with Gasteiger partial charge >= 0.3 is 0 Å². The van der Waals surface area contributed by atoms with Crippen molar-refractivity contribution in [3.8, 4) is 0 Å². The normalized spacial score (nSPS) is 25.2. The summed E-state index contributed by atoms with van der Waals surface area (Å²) in [4.78, 5) is 0. The zero-order valence-electron chi connectivity index (χ0n) is 10.7. The quantitative estimate of drug-likeness (QED) is 0.843. The lowest BCUT2D eigenvalue weighted by Gasteiger charge is -2.28. The third-order valence-electron chi connectivity index (χ3n) is 3.86. The summed E-state index contributed by atoms with van der Waals surface area (Å²) in [7, 11) is 2.02. The minimum absolute atomic E-state index is 0.340. The Morgan fingerprint density at radius 3 is 2.88 bits per heavy atom. The number of hydrogen-bond donors (Lipinski definition) is 1. The van der Waals surface area contributed by atoms with Gasteiger partial charge in [-0.15, -0.1) is 0 Å². The zero-order chi connectivity index (χ0) is 11.6. The van der Waals surface area contributed by atoms with E-state index in [1.165, 1.54) is 37.1 Å². The Kier molecular flexibility index (Phi) is 3.33. The molecule has 0 amide bonds. The first-order valence-electron chi connectivity index (χ1n) is 6.45. The van der Waals surface area contributed by atoms with Crippen molar-refractivity contribution in [2.75, 3.05) is 6.54 Å². The molecular formula is C13H23N3. The van der Waals surface area contributed by atoms with Crippen molar-refractivity contribution < 1.29 is 0 Å². The number of rotatable bonds is 4. The van der Waals surface area contributed by atoms with E-state index in [4.69, 9.17) is 0 Å². The van der Waals surface area contributed by atoms with E-state index >= 15 is 0 Å². The molecule has 0 radical (unpaired) electrons. The Labute approximate surface area is 98.2 Å². The highest BCUT2D eigenvalue weighted by Crippen LogP contribution is 2.28. The molecule has 0 aromatic carbocycles. The molecule has 1 aromatic rings. The summed E-state index contributed by atoms with van der Waals surface area (Å²) in [6.45, 7) is 5.66. The molecule has 90 valence electrons. The van der Waals surface area contributed by atoms with Gasteiger partial charge in [-0.25, -0.2) is 0 Å². The molecule has 0 bridgehead atoms. The van der Waals surface area contributed by atoms with Crippen LogP contribution in [0, 0.1) is 0 Å². The fourth-order valence-corrected chi connectivity index (χ4v) is 2.84. The number of aromatic nitrogens is 2. The number of nitrogens with zero attached hydrogens (tertiary/aromatic N) is 2. The van der Waals surface area contributed by atoms with E-state index in [0.29, 0.717) is 5.54 Å². The van der Waals surface area contributed by atoms with Crippen molar-refractivity contribution >= 4 is 0 Å². The molecule has 0 saturated carbocycles. The van der Waals surface area contributed by atoms with Crippen LogP contribution >= 0.6 is 0 Å². The van der Waals surface area contributed by atoms with Crippen LogP contribution in [0.4, 0.5) is 0 Å². The van der Waals surface area contributed by atoms with Gasteiger partial charge in [0.25, 0.3) is 0 Å². The Balaban J connectivity index is 2.18. The third-order valence-corrected chi connectivity index (χ3v) is 3.86. The van der Waals surface area contributed by atoms with Gasteiger partial charge in [-0.05, 0) is 44.2 Å². The van der Waals surface area contributed by atoms with Crippen LogP contribution < -0.4 is 5.32 Å². The smallest absolute Gasteiger partial charge is 0.0654 e. The standard InChI is InChI=1S/C13H23N3/c1-4-12-11(10-16(3)15-12)9-13(5-2)7-6-8-14-13/h10,14H,4-9H2,1-3H3. The molecule has 0 spiro atoms. The summed E-state index contributed by atoms with van der Waals surface area (Å²) < 4.78 is 1.95. The Bertz CT molecular complexity index is 348. The van der Waals surface area contributed by atoms with Crippen LogP contribution in [0.1, 0.15) is 44.4 Å². The maximum Gasteiger partial charge on any atom is 0.0654 e. The Hall–Kier alpha value is -0.830. The molecule has 2 rings (SSSR count). The van der Waals surface area contributed by atoms with Crippen LogP contribution in [0.2, 0.25) is 0 Å². The lowest BCUT2D eigenvalue weighted by Crippen LogP contribution is -2.41. The third kappa shape index (κ3) is 2.14. The largest absolute Gasteiger partial charge is 0.311 e. The highest BCUT2D eigenvalue weighted by Gasteiger charge is 2.32. The van der Waals surface area contributed by atoms with Gasteiger partial charge in [0.15, 0.2) is 0 Å². The summed E-state index contributed by atoms with van der Waals surface area (Å²) in [6.07, 6.45) is 8.20. The van der Waals surface area contributed by atoms with Gasteiger partial charge in [0.2, 0.25) is 0 Å². The molecule has 3 heteroatoms. The van der Waals surface area contributed by atoms with Gasteiger partial charge in [0, 0.05) is 18.8 Å². The average molecular weight is 221 g/mol. The number of hydrogen-bond acceptors (Lipinski definition) is 2. The van der Waals surface area contributed by atoms with Gasteiger partial charge in [0.1, 0.15) is 0 Å². The summed E-state index contributed by atoms with van der Waals surface area (Å²) in [6, 6.07) is 0. The SMILES string of the molecule is CCc1nn(C)cc1CC1(CC)CCCN1. The molecule has 1 aliphatic rings. The van der Waals surface area contributed by atoms with E-state index in [0.717, 1.165) is 12.8 Å². The van der Waals surface area contributed by atoms with Gasteiger partial charge in [-0.2, -0.15) is 5.10 Å². The molecule has 16 heavy (non-hydrogen) atoms. The van der Waals surface area contributed by atoms with Crippen molar-refractivity contribution in [2.24, 2.45) is 7.05 Å². The molecule has 0 aliphatic carbocycles. The lowest BCUT2D eigenvalue weighted by atomic mass is 9.87. The molecule has 1 fully saturated rings. The summed E-state index contributed by atoms with van der Waals surface area (Å²) in [5, 5.41) is 8.22. The second-order valence-corrected chi connectivity index (χ2v) is 4.97. The van der Waals surface area contributed by atoms with Crippen molar-refractivity contribution in [1.82, 2.24) is 15.1 Å². The van der Waals surface area contributed by atoms with Crippen LogP contribution in [0.15, 0.2) is 6.20 Å². The molecule has 1 unspecified atom stereocenters. The van der Waals surface area contributed by atoms with E-state index in [2.05, 4.69) is 30.5 Å². The predicted molar refractivity (Wildman–Crippen MR) is 66.5 cm³/mol. The van der Waals surface area contributed by atoms with Crippen molar-refractivity contribution in [2.45, 2.75) is 51.5 Å². The van der Waals surface area contributed by atoms with Crippen LogP contribution in [0.5, 0.6) is 0 Å². The molecule has 1 saturated heterocycles. The highest BCUT2D eigenvalue weighted by atomic mass is 15.3. The van der Waals surface area contributed by atoms with Crippen molar-refractivity contribution in [3.63, 3.8) is 0 Å². The van der Waals surface area contributed by atoms with E-state index in [9.17, 15) is 0 Å². The maximum absolute atomic E-state index is 4.53. The fourth-order valence-electron chi connectivity index (χ4n) is 2.84. The second kappa shape index (κ2) is 4.58. The van der Waals surface area contributed by atoms with E-state index in [1.54, 1.807) is 0 Å². The molecule has 1 aliphatic heterocycles. The molecule has 2 heterocycles. The van der Waals surface area contributed by atoms with Gasteiger partial charge < -0.3 is 5.32 Å². The minimum atomic E-state index is 0.340. The highest BCUT2D eigenvalue weighted by molar-refractivity contribution is 5.21. The summed E-state index contributed by atoms with van der Waals surface area (Å²) >= 11 is 0.